The maximum absolute atomic E-state index is 3.76. The Morgan fingerprint density at radius 3 is 2.31 bits per heavy atom. The third-order valence-corrected chi connectivity index (χ3v) is 1.98. The van der Waals surface area contributed by atoms with Gasteiger partial charge in [0.15, 0.2) is 0 Å². The molecule has 0 aromatic heterocycles. The zero-order valence-corrected chi connectivity index (χ0v) is 16.0. The second-order valence-electron chi connectivity index (χ2n) is 4.33. The molecule has 0 rings (SSSR count). The van der Waals surface area contributed by atoms with Gasteiger partial charge in [-0.2, -0.15) is 13.8 Å². The third kappa shape index (κ3) is 8.61. The zero-order chi connectivity index (χ0) is 9.61. The fourth-order valence-corrected chi connectivity index (χ4v) is 1.14. The van der Waals surface area contributed by atoms with Crippen molar-refractivity contribution in [3.63, 3.8) is 0 Å². The van der Waals surface area contributed by atoms with Crippen molar-refractivity contribution < 1.29 is 0 Å². The van der Waals surface area contributed by atoms with Gasteiger partial charge in [0.1, 0.15) is 0 Å². The van der Waals surface area contributed by atoms with Crippen molar-refractivity contribution in [2.45, 2.75) is 40.5 Å². The van der Waals surface area contributed by atoms with Crippen LogP contribution >= 0.6 is 0 Å². The normalized spacial score (nSPS) is 11.2. The summed E-state index contributed by atoms with van der Waals surface area (Å²) >= 11 is 0. The molecule has 0 atom stereocenters. The molecule has 0 aliphatic carbocycles. The minimum absolute atomic E-state index is 0. The average Bonchev–Trinajstić information content (AvgIpc) is 1.85. The first-order chi connectivity index (χ1) is 5.48. The van der Waals surface area contributed by atoms with Crippen molar-refractivity contribution in [1.29, 1.82) is 0 Å². The van der Waals surface area contributed by atoms with Gasteiger partial charge in [-0.15, -0.1) is 6.58 Å². The van der Waals surface area contributed by atoms with E-state index in [4.69, 9.17) is 0 Å². The van der Waals surface area contributed by atoms with Crippen LogP contribution in [-0.2, 0) is 0 Å². The Morgan fingerprint density at radius 2 is 1.92 bits per heavy atom. The van der Waals surface area contributed by atoms with Gasteiger partial charge in [0.25, 0.3) is 0 Å². The second kappa shape index (κ2) is 6.24. The number of nitrogens with one attached hydrogen (secondary N) is 1. The molecule has 13 heavy (non-hydrogen) atoms. The van der Waals surface area contributed by atoms with Gasteiger partial charge >= 0.3 is 0 Å². The summed E-state index contributed by atoms with van der Waals surface area (Å²) in [7, 11) is 0. The first-order valence-electron chi connectivity index (χ1n) is 4.63. The quantitative estimate of drug-likeness (QED) is 0.500. The van der Waals surface area contributed by atoms with Crippen molar-refractivity contribution in [2.24, 2.45) is 5.41 Å². The van der Waals surface area contributed by atoms with Gasteiger partial charge in [-0.1, -0.05) is 19.9 Å². The molecule has 0 amide bonds. The minimum Gasteiger partial charge on any atom is -0.467 e. The molecule has 2 heteroatoms. The minimum atomic E-state index is 0. The van der Waals surface area contributed by atoms with Gasteiger partial charge in [-0.25, -0.2) is 0 Å². The Kier molecular flexibility index (Phi) is 6.84. The molecule has 0 aliphatic rings. The molecule has 0 saturated carbocycles. The molecule has 0 saturated heterocycles. The van der Waals surface area contributed by atoms with Crippen molar-refractivity contribution >= 4 is 0 Å². The second-order valence-corrected chi connectivity index (χ2v) is 4.33. The molecule has 1 N–H and O–H groups in total. The van der Waals surface area contributed by atoms with Crippen LogP contribution in [0.3, 0.4) is 0 Å². The van der Waals surface area contributed by atoms with Crippen LogP contribution in [0.25, 0.3) is 0 Å². The Hall–Kier alpha value is -1.30. The Morgan fingerprint density at radius 1 is 1.38 bits per heavy atom. The maximum atomic E-state index is 3.76. The average molecular weight is 435 g/mol. The van der Waals surface area contributed by atoms with Gasteiger partial charge in [0.05, 0.1) is 0 Å². The van der Waals surface area contributed by atoms with Crippen LogP contribution in [0.4, 0.5) is 0 Å². The van der Waals surface area contributed by atoms with E-state index in [1.54, 1.807) is 0 Å². The van der Waals surface area contributed by atoms with Crippen molar-refractivity contribution in [2.75, 3.05) is 6.54 Å². The molecule has 0 fully saturated rings. The summed E-state index contributed by atoms with van der Waals surface area (Å²) in [6.45, 7) is 13.6. The molecule has 1 nitrogen and oxygen atoms in total. The number of hydrogen-bond donors (Lipinski definition) is 1. The van der Waals surface area contributed by atoms with Crippen molar-refractivity contribution in [3.05, 3.63) is 18.7 Å². The zero-order valence-electron chi connectivity index (χ0n) is 9.61. The summed E-state index contributed by atoms with van der Waals surface area (Å²) in [5.41, 5.74) is 0.393. The molecule has 0 bridgehead atoms. The molecule has 0 spiro atoms. The van der Waals surface area contributed by atoms with Crippen LogP contribution in [0.5, 0.6) is 0 Å². The van der Waals surface area contributed by atoms with Gasteiger partial charge in [0, 0.05) is 0 Å². The maximum Gasteiger partial charge on any atom is 0 e. The van der Waals surface area contributed by atoms with Crippen LogP contribution in [0.2, 0.25) is 0 Å². The Bertz CT molecular complexity index is 130. The van der Waals surface area contributed by atoms with Crippen LogP contribution < -0.4 is 5.32 Å². The third-order valence-electron chi connectivity index (χ3n) is 1.98. The number of hydrogen-bond acceptors (Lipinski definition) is 1. The predicted molar refractivity (Wildman–Crippen MR) is 55.8 cm³/mol. The standard InChI is InChI=1S/C11H22N.Rf/c1-6-7-11(4,5)8-9-12-10(2)3;/h6,12H,1,7-9H2,2-5H3;/q-1;. The summed E-state index contributed by atoms with van der Waals surface area (Å²) < 4.78 is 0. The van der Waals surface area contributed by atoms with E-state index in [0.717, 1.165) is 13.0 Å². The molecule has 0 heterocycles. The van der Waals surface area contributed by atoms with Gasteiger partial charge in [0.2, 0.25) is 0 Å². The summed E-state index contributed by atoms with van der Waals surface area (Å²) in [4.78, 5) is 0. The number of allylic oxidation sites excluding steroid dienone is 1. The van der Waals surface area contributed by atoms with Gasteiger partial charge in [-0.3, -0.25) is 6.04 Å². The topological polar surface area (TPSA) is 12.0 Å². The Labute approximate surface area is 77.2 Å². The number of rotatable bonds is 6. The summed E-state index contributed by atoms with van der Waals surface area (Å²) in [6, 6.07) is 1.30. The molecule has 0 aromatic rings. The van der Waals surface area contributed by atoms with Gasteiger partial charge < -0.3 is 5.32 Å². The van der Waals surface area contributed by atoms with Gasteiger partial charge in [-0.05, 0) is 24.8 Å². The molecule has 0 unspecified atom stereocenters. The molecular formula is C11H22NRf-. The monoisotopic (exact) mass is 435 g/mol. The van der Waals surface area contributed by atoms with Crippen molar-refractivity contribution in [3.8, 4) is 0 Å². The van der Waals surface area contributed by atoms with E-state index in [1.165, 1.54) is 12.5 Å². The van der Waals surface area contributed by atoms with E-state index in [0.29, 0.717) is 5.41 Å². The molecule has 0 radical (unpaired) electrons. The summed E-state index contributed by atoms with van der Waals surface area (Å²) in [5.74, 6) is 0. The molecule has 0 aromatic carbocycles. The van der Waals surface area contributed by atoms with Crippen LogP contribution in [0.1, 0.15) is 40.5 Å². The van der Waals surface area contributed by atoms with E-state index in [9.17, 15) is 0 Å². The van der Waals surface area contributed by atoms with Crippen molar-refractivity contribution in [1.82, 2.24) is 5.32 Å². The van der Waals surface area contributed by atoms with E-state index < -0.39 is 0 Å². The first kappa shape index (κ1) is 14.2. The summed E-state index contributed by atoms with van der Waals surface area (Å²) in [5, 5.41) is 3.34. The molecular weight excluding hydrogens is 413 g/mol. The van der Waals surface area contributed by atoms with E-state index in [2.05, 4.69) is 39.6 Å². The Balaban J connectivity index is 0. The van der Waals surface area contributed by atoms with E-state index in [1.807, 2.05) is 6.08 Å². The van der Waals surface area contributed by atoms with Crippen LogP contribution in [-0.4, -0.2) is 6.54 Å². The molecule has 74 valence electrons. The smallest absolute Gasteiger partial charge is 0 e. The first-order valence-corrected chi connectivity index (χ1v) is 4.63. The largest absolute Gasteiger partial charge is 0.467 e. The molecule has 0 aliphatic heterocycles. The summed E-state index contributed by atoms with van der Waals surface area (Å²) in [6.07, 6.45) is 4.30. The SMILES string of the molecule is C=CCC(C)(C)CCN[C-](C)C.[Rf]. The predicted octanol–water partition coefficient (Wildman–Crippen LogP) is 3.14. The van der Waals surface area contributed by atoms with Crippen LogP contribution in [0, 0.1) is 11.5 Å². The fraction of sp³-hybridized carbons (Fsp3) is 0.727. The van der Waals surface area contributed by atoms with E-state index >= 15 is 0 Å². The van der Waals surface area contributed by atoms with E-state index in [-0.39, 0.29) is 0 Å². The fourth-order valence-electron chi connectivity index (χ4n) is 1.14. The van der Waals surface area contributed by atoms with Crippen LogP contribution in [0.15, 0.2) is 12.7 Å².